The van der Waals surface area contributed by atoms with Gasteiger partial charge in [0, 0.05) is 38.9 Å². The first-order valence-electron chi connectivity index (χ1n) is 5.89. The number of ether oxygens (including phenoxy) is 2. The van der Waals surface area contributed by atoms with E-state index in [9.17, 15) is 0 Å². The number of nitrogens with one attached hydrogen (secondary N) is 1. The molecule has 0 saturated heterocycles. The van der Waals surface area contributed by atoms with Gasteiger partial charge in [-0.3, -0.25) is 4.40 Å². The van der Waals surface area contributed by atoms with Crippen molar-refractivity contribution in [3.8, 4) is 0 Å². The van der Waals surface area contributed by atoms with E-state index in [1.807, 2.05) is 12.3 Å². The highest BCUT2D eigenvalue weighted by atomic mass is 32.1. The predicted octanol–water partition coefficient (Wildman–Crippen LogP) is 1.46. The summed E-state index contributed by atoms with van der Waals surface area (Å²) in [5.41, 5.74) is 2.29. The van der Waals surface area contributed by atoms with Crippen molar-refractivity contribution in [2.45, 2.75) is 19.6 Å². The minimum absolute atomic E-state index is 0.0844. The number of aryl methyl sites for hydroxylation is 1. The molecule has 0 saturated carbocycles. The molecular formula is C12H19N3O2S. The van der Waals surface area contributed by atoms with Gasteiger partial charge in [0.1, 0.15) is 0 Å². The summed E-state index contributed by atoms with van der Waals surface area (Å²) in [6, 6.07) is 0. The molecule has 2 rings (SSSR count). The molecule has 2 heterocycles. The Bertz CT molecular complexity index is 494. The quantitative estimate of drug-likeness (QED) is 0.826. The number of hydrogen-bond acceptors (Lipinski definition) is 5. The number of nitrogens with zero attached hydrogens (tertiary/aromatic N) is 2. The summed E-state index contributed by atoms with van der Waals surface area (Å²) in [5, 5.41) is 5.43. The molecule has 0 aromatic carbocycles. The molecule has 0 aliphatic carbocycles. The highest BCUT2D eigenvalue weighted by molar-refractivity contribution is 7.15. The van der Waals surface area contributed by atoms with Crippen LogP contribution in [0, 0.1) is 6.92 Å². The fraction of sp³-hybridized carbons (Fsp3) is 0.583. The number of thiazole rings is 1. The molecule has 2 aromatic heterocycles. The van der Waals surface area contributed by atoms with E-state index < -0.39 is 0 Å². The van der Waals surface area contributed by atoms with Crippen molar-refractivity contribution in [1.82, 2.24) is 14.7 Å². The molecule has 0 spiro atoms. The van der Waals surface area contributed by atoms with Gasteiger partial charge < -0.3 is 14.8 Å². The van der Waals surface area contributed by atoms with Gasteiger partial charge in [-0.15, -0.1) is 11.3 Å². The van der Waals surface area contributed by atoms with Gasteiger partial charge in [0.15, 0.2) is 4.96 Å². The third kappa shape index (κ3) is 2.89. The Morgan fingerprint density at radius 3 is 3.06 bits per heavy atom. The summed E-state index contributed by atoms with van der Waals surface area (Å²) in [6.45, 7) is 4.19. The fourth-order valence-electron chi connectivity index (χ4n) is 1.90. The fourth-order valence-corrected chi connectivity index (χ4v) is 2.68. The van der Waals surface area contributed by atoms with Crippen LogP contribution in [0.5, 0.6) is 0 Å². The second-order valence-electron chi connectivity index (χ2n) is 4.14. The number of fused-ring (bicyclic) bond motifs is 1. The van der Waals surface area contributed by atoms with Crippen molar-refractivity contribution < 1.29 is 9.47 Å². The summed E-state index contributed by atoms with van der Waals surface area (Å²) in [6.07, 6.45) is 2.14. The first-order valence-corrected chi connectivity index (χ1v) is 6.77. The Kier molecular flexibility index (Phi) is 4.71. The van der Waals surface area contributed by atoms with Crippen molar-refractivity contribution in [2.24, 2.45) is 0 Å². The number of methoxy groups -OCH3 is 2. The largest absolute Gasteiger partial charge is 0.382 e. The lowest BCUT2D eigenvalue weighted by molar-refractivity contribution is 0.0287. The minimum atomic E-state index is 0.0844. The van der Waals surface area contributed by atoms with Gasteiger partial charge in [-0.2, -0.15) is 0 Å². The predicted molar refractivity (Wildman–Crippen MR) is 72.2 cm³/mol. The van der Waals surface area contributed by atoms with Gasteiger partial charge in [-0.05, 0) is 6.92 Å². The number of hydrogen-bond donors (Lipinski definition) is 1. The minimum Gasteiger partial charge on any atom is -0.382 e. The van der Waals surface area contributed by atoms with E-state index in [2.05, 4.69) is 20.9 Å². The molecule has 0 aliphatic rings. The van der Waals surface area contributed by atoms with Gasteiger partial charge in [-0.1, -0.05) is 0 Å². The maximum Gasteiger partial charge on any atom is 0.194 e. The van der Waals surface area contributed by atoms with E-state index in [0.29, 0.717) is 6.61 Å². The average Bonchev–Trinajstić information content (AvgIpc) is 2.90. The Labute approximate surface area is 111 Å². The Hall–Kier alpha value is -0.950. The third-order valence-electron chi connectivity index (χ3n) is 2.91. The SMILES string of the molecule is COCC(CNCc1c(C)nc2sccn12)OC. The van der Waals surface area contributed by atoms with Crippen LogP contribution in [0.15, 0.2) is 11.6 Å². The van der Waals surface area contributed by atoms with Crippen LogP contribution < -0.4 is 5.32 Å². The lowest BCUT2D eigenvalue weighted by atomic mass is 10.3. The normalized spacial score (nSPS) is 13.3. The number of imidazole rings is 1. The van der Waals surface area contributed by atoms with E-state index >= 15 is 0 Å². The van der Waals surface area contributed by atoms with Crippen molar-refractivity contribution in [3.63, 3.8) is 0 Å². The molecule has 6 heteroatoms. The topological polar surface area (TPSA) is 47.8 Å². The zero-order chi connectivity index (χ0) is 13.0. The Morgan fingerprint density at radius 2 is 2.33 bits per heavy atom. The molecule has 100 valence electrons. The van der Waals surface area contributed by atoms with Crippen LogP contribution in [0.2, 0.25) is 0 Å². The number of rotatable bonds is 7. The van der Waals surface area contributed by atoms with Crippen LogP contribution in [-0.2, 0) is 16.0 Å². The maximum absolute atomic E-state index is 5.30. The molecule has 1 atom stereocenters. The molecule has 0 radical (unpaired) electrons. The average molecular weight is 269 g/mol. The summed E-state index contributed by atoms with van der Waals surface area (Å²) in [4.78, 5) is 5.56. The molecular weight excluding hydrogens is 250 g/mol. The van der Waals surface area contributed by atoms with Gasteiger partial charge in [0.05, 0.1) is 24.1 Å². The monoisotopic (exact) mass is 269 g/mol. The van der Waals surface area contributed by atoms with Crippen LogP contribution in [-0.4, -0.2) is 42.9 Å². The lowest BCUT2D eigenvalue weighted by Crippen LogP contribution is -2.31. The van der Waals surface area contributed by atoms with E-state index in [4.69, 9.17) is 9.47 Å². The van der Waals surface area contributed by atoms with E-state index in [0.717, 1.165) is 23.7 Å². The summed E-state index contributed by atoms with van der Waals surface area (Å²) in [7, 11) is 3.38. The van der Waals surface area contributed by atoms with Crippen LogP contribution in [0.4, 0.5) is 0 Å². The molecule has 1 N–H and O–H groups in total. The van der Waals surface area contributed by atoms with Crippen LogP contribution in [0.25, 0.3) is 4.96 Å². The second-order valence-corrected chi connectivity index (χ2v) is 5.02. The molecule has 0 bridgehead atoms. The van der Waals surface area contributed by atoms with Crippen LogP contribution >= 0.6 is 11.3 Å². The zero-order valence-corrected chi connectivity index (χ0v) is 11.8. The Morgan fingerprint density at radius 1 is 1.50 bits per heavy atom. The zero-order valence-electron chi connectivity index (χ0n) is 11.0. The van der Waals surface area contributed by atoms with E-state index in [1.165, 1.54) is 5.69 Å². The smallest absolute Gasteiger partial charge is 0.194 e. The number of aromatic nitrogens is 2. The highest BCUT2D eigenvalue weighted by Gasteiger charge is 2.10. The van der Waals surface area contributed by atoms with Crippen molar-refractivity contribution in [3.05, 3.63) is 23.0 Å². The lowest BCUT2D eigenvalue weighted by Gasteiger charge is -2.14. The second kappa shape index (κ2) is 6.29. The molecule has 18 heavy (non-hydrogen) atoms. The molecule has 0 aliphatic heterocycles. The molecule has 5 nitrogen and oxygen atoms in total. The maximum atomic E-state index is 5.30. The summed E-state index contributed by atoms with van der Waals surface area (Å²) >= 11 is 1.65. The Balaban J connectivity index is 1.93. The first kappa shape index (κ1) is 13.5. The van der Waals surface area contributed by atoms with Gasteiger partial charge in [0.2, 0.25) is 0 Å². The third-order valence-corrected chi connectivity index (χ3v) is 3.67. The van der Waals surface area contributed by atoms with Crippen molar-refractivity contribution >= 4 is 16.3 Å². The van der Waals surface area contributed by atoms with Gasteiger partial charge >= 0.3 is 0 Å². The standard InChI is InChI=1S/C12H19N3O2S/c1-9-11(15-4-5-18-12(15)14-9)7-13-6-10(17-3)8-16-2/h4-5,10,13H,6-8H2,1-3H3. The van der Waals surface area contributed by atoms with E-state index in [1.54, 1.807) is 25.6 Å². The molecule has 2 aromatic rings. The first-order chi connectivity index (χ1) is 8.76. The van der Waals surface area contributed by atoms with Crippen molar-refractivity contribution in [1.29, 1.82) is 0 Å². The van der Waals surface area contributed by atoms with Crippen molar-refractivity contribution in [2.75, 3.05) is 27.4 Å². The van der Waals surface area contributed by atoms with Crippen LogP contribution in [0.1, 0.15) is 11.4 Å². The molecule has 1 unspecified atom stereocenters. The molecule has 0 amide bonds. The highest BCUT2D eigenvalue weighted by Crippen LogP contribution is 2.16. The molecule has 0 fully saturated rings. The van der Waals surface area contributed by atoms with Gasteiger partial charge in [-0.25, -0.2) is 4.98 Å². The van der Waals surface area contributed by atoms with Crippen LogP contribution in [0.3, 0.4) is 0 Å². The van der Waals surface area contributed by atoms with E-state index in [-0.39, 0.29) is 6.10 Å². The summed E-state index contributed by atoms with van der Waals surface area (Å²) in [5.74, 6) is 0. The van der Waals surface area contributed by atoms with Gasteiger partial charge in [0.25, 0.3) is 0 Å². The summed E-state index contributed by atoms with van der Waals surface area (Å²) < 4.78 is 12.5.